The lowest BCUT2D eigenvalue weighted by Crippen LogP contribution is -2.54. The molecule has 1 aromatic carbocycles. The molecule has 3 atom stereocenters. The molecule has 190 valence electrons. The number of hydrogen-bond acceptors (Lipinski definition) is 6. The Morgan fingerprint density at radius 1 is 1.00 bits per heavy atom. The van der Waals surface area contributed by atoms with Crippen LogP contribution in [0.4, 0.5) is 0 Å². The molecule has 1 aromatic heterocycles. The predicted octanol–water partition coefficient (Wildman–Crippen LogP) is -0.271. The third-order valence-electron chi connectivity index (χ3n) is 5.23. The number of hydrogen-bond donors (Lipinski definition) is 7. The van der Waals surface area contributed by atoms with Crippen LogP contribution in [0.3, 0.4) is 0 Å². The first-order valence-corrected chi connectivity index (χ1v) is 11.1. The average molecular weight is 490 g/mol. The van der Waals surface area contributed by atoms with E-state index in [0.29, 0.717) is 0 Å². The van der Waals surface area contributed by atoms with E-state index in [0.717, 1.165) is 16.5 Å². The Labute approximate surface area is 201 Å². The number of rotatable bonds is 13. The molecular weight excluding hydrogens is 458 g/mol. The minimum atomic E-state index is -1.32. The van der Waals surface area contributed by atoms with E-state index in [2.05, 4.69) is 20.9 Å². The number of aromatic amines is 1. The van der Waals surface area contributed by atoms with Crippen LogP contribution in [0.15, 0.2) is 30.5 Å². The van der Waals surface area contributed by atoms with E-state index in [-0.39, 0.29) is 18.8 Å². The molecule has 0 spiro atoms. The number of amides is 3. The number of carbonyl (C=O) groups is 5. The SMILES string of the molecule is CC(C)CC(NC(=O)CNC(=O)C(N)CC(=O)O)C(=O)NC(Cc1c[nH]c2ccccc12)C(=O)O. The van der Waals surface area contributed by atoms with Gasteiger partial charge < -0.3 is 36.9 Å². The van der Waals surface area contributed by atoms with Crippen molar-refractivity contribution in [2.75, 3.05) is 6.54 Å². The van der Waals surface area contributed by atoms with Crippen molar-refractivity contribution in [1.29, 1.82) is 0 Å². The van der Waals surface area contributed by atoms with Gasteiger partial charge in [-0.25, -0.2) is 4.79 Å². The third kappa shape index (κ3) is 8.41. The van der Waals surface area contributed by atoms with Gasteiger partial charge in [-0.1, -0.05) is 32.0 Å². The highest BCUT2D eigenvalue weighted by atomic mass is 16.4. The van der Waals surface area contributed by atoms with Gasteiger partial charge in [-0.05, 0) is 24.0 Å². The van der Waals surface area contributed by atoms with Crippen molar-refractivity contribution in [2.45, 2.75) is 51.2 Å². The van der Waals surface area contributed by atoms with Gasteiger partial charge in [-0.2, -0.15) is 0 Å². The monoisotopic (exact) mass is 489 g/mol. The number of carboxylic acids is 2. The van der Waals surface area contributed by atoms with Gasteiger partial charge in [-0.3, -0.25) is 19.2 Å². The number of nitrogens with one attached hydrogen (secondary N) is 4. The van der Waals surface area contributed by atoms with Crippen molar-refractivity contribution in [3.63, 3.8) is 0 Å². The second-order valence-electron chi connectivity index (χ2n) is 8.63. The average Bonchev–Trinajstić information content (AvgIpc) is 3.18. The van der Waals surface area contributed by atoms with Crippen molar-refractivity contribution in [2.24, 2.45) is 11.7 Å². The van der Waals surface area contributed by atoms with E-state index in [1.54, 1.807) is 6.20 Å². The van der Waals surface area contributed by atoms with Gasteiger partial charge >= 0.3 is 11.9 Å². The first kappa shape index (κ1) is 27.3. The number of benzene rings is 1. The van der Waals surface area contributed by atoms with E-state index >= 15 is 0 Å². The third-order valence-corrected chi connectivity index (χ3v) is 5.23. The summed E-state index contributed by atoms with van der Waals surface area (Å²) in [4.78, 5) is 62.6. The Kier molecular flexibility index (Phi) is 9.76. The van der Waals surface area contributed by atoms with Crippen LogP contribution in [0.5, 0.6) is 0 Å². The number of fused-ring (bicyclic) bond motifs is 1. The van der Waals surface area contributed by atoms with E-state index in [9.17, 15) is 29.1 Å². The Hall–Kier alpha value is -3.93. The van der Waals surface area contributed by atoms with Crippen LogP contribution in [0.1, 0.15) is 32.3 Å². The number of carboxylic acid groups (broad SMARTS) is 2. The maximum absolute atomic E-state index is 12.9. The van der Waals surface area contributed by atoms with Gasteiger partial charge in [0.25, 0.3) is 0 Å². The van der Waals surface area contributed by atoms with Gasteiger partial charge in [0, 0.05) is 23.5 Å². The standard InChI is InChI=1S/C23H31N5O7/c1-12(2)7-17(27-19(29)11-26-21(32)15(24)9-20(30)31)22(33)28-18(23(34)35)8-13-10-25-16-6-4-3-5-14(13)16/h3-6,10,12,15,17-18,25H,7-9,11,24H2,1-2H3,(H,26,32)(H,27,29)(H,28,33)(H,30,31)(H,34,35). The molecule has 0 radical (unpaired) electrons. The summed E-state index contributed by atoms with van der Waals surface area (Å²) in [7, 11) is 0. The fourth-order valence-corrected chi connectivity index (χ4v) is 3.52. The first-order chi connectivity index (χ1) is 16.5. The van der Waals surface area contributed by atoms with Crippen molar-refractivity contribution < 1.29 is 34.2 Å². The smallest absolute Gasteiger partial charge is 0.326 e. The summed E-state index contributed by atoms with van der Waals surface area (Å²) in [5.74, 6) is -4.69. The normalized spacial score (nSPS) is 13.6. The summed E-state index contributed by atoms with van der Waals surface area (Å²) < 4.78 is 0. The summed E-state index contributed by atoms with van der Waals surface area (Å²) in [5.41, 5.74) is 7.01. The first-order valence-electron chi connectivity index (χ1n) is 11.1. The quantitative estimate of drug-likeness (QED) is 0.199. The summed E-state index contributed by atoms with van der Waals surface area (Å²) in [6.45, 7) is 3.14. The van der Waals surface area contributed by atoms with Crippen LogP contribution in [0.25, 0.3) is 10.9 Å². The van der Waals surface area contributed by atoms with Crippen molar-refractivity contribution in [3.05, 3.63) is 36.0 Å². The topological polar surface area (TPSA) is 204 Å². The van der Waals surface area contributed by atoms with Crippen molar-refractivity contribution in [3.8, 4) is 0 Å². The van der Waals surface area contributed by atoms with Crippen molar-refractivity contribution in [1.82, 2.24) is 20.9 Å². The molecule has 3 unspecified atom stereocenters. The Balaban J connectivity index is 2.03. The summed E-state index contributed by atoms with van der Waals surface area (Å²) >= 11 is 0. The van der Waals surface area contributed by atoms with E-state index in [4.69, 9.17) is 10.8 Å². The van der Waals surface area contributed by atoms with Crippen LogP contribution >= 0.6 is 0 Å². The molecule has 0 aliphatic carbocycles. The molecule has 0 aliphatic heterocycles. The van der Waals surface area contributed by atoms with Crippen LogP contribution in [0, 0.1) is 5.92 Å². The molecule has 12 nitrogen and oxygen atoms in total. The zero-order valence-corrected chi connectivity index (χ0v) is 19.5. The molecule has 0 saturated heterocycles. The molecule has 2 rings (SSSR count). The van der Waals surface area contributed by atoms with E-state index < -0.39 is 60.8 Å². The van der Waals surface area contributed by atoms with Crippen LogP contribution in [-0.4, -0.2) is 69.5 Å². The lowest BCUT2D eigenvalue weighted by molar-refractivity contribution is -0.142. The molecule has 1 heterocycles. The number of nitrogens with two attached hydrogens (primary N) is 1. The molecule has 12 heteroatoms. The number of aliphatic carboxylic acids is 2. The zero-order valence-electron chi connectivity index (χ0n) is 19.5. The maximum Gasteiger partial charge on any atom is 0.326 e. The number of H-pyrrole nitrogens is 1. The van der Waals surface area contributed by atoms with Crippen LogP contribution in [0.2, 0.25) is 0 Å². The van der Waals surface area contributed by atoms with Gasteiger partial charge in [-0.15, -0.1) is 0 Å². The van der Waals surface area contributed by atoms with Gasteiger partial charge in [0.2, 0.25) is 17.7 Å². The lowest BCUT2D eigenvalue weighted by Gasteiger charge is -2.23. The van der Waals surface area contributed by atoms with Gasteiger partial charge in [0.15, 0.2) is 0 Å². The van der Waals surface area contributed by atoms with Crippen LogP contribution in [-0.2, 0) is 30.4 Å². The second-order valence-corrected chi connectivity index (χ2v) is 8.63. The zero-order chi connectivity index (χ0) is 26.1. The summed E-state index contributed by atoms with van der Waals surface area (Å²) in [5, 5.41) is 26.4. The molecule has 8 N–H and O–H groups in total. The Morgan fingerprint density at radius 2 is 1.69 bits per heavy atom. The van der Waals surface area contributed by atoms with E-state index in [1.807, 2.05) is 38.1 Å². The van der Waals surface area contributed by atoms with Crippen molar-refractivity contribution >= 4 is 40.6 Å². The van der Waals surface area contributed by atoms with Gasteiger partial charge in [0.1, 0.15) is 12.1 Å². The molecule has 2 aromatic rings. The molecule has 0 saturated carbocycles. The summed E-state index contributed by atoms with van der Waals surface area (Å²) in [6, 6.07) is 3.78. The molecule has 0 aliphatic rings. The van der Waals surface area contributed by atoms with Gasteiger partial charge in [0.05, 0.1) is 19.0 Å². The predicted molar refractivity (Wildman–Crippen MR) is 126 cm³/mol. The molecule has 0 bridgehead atoms. The Bertz CT molecular complexity index is 1080. The highest BCUT2D eigenvalue weighted by molar-refractivity contribution is 5.93. The Morgan fingerprint density at radius 3 is 2.31 bits per heavy atom. The number of aromatic nitrogens is 1. The fourth-order valence-electron chi connectivity index (χ4n) is 3.52. The van der Waals surface area contributed by atoms with Crippen LogP contribution < -0.4 is 21.7 Å². The highest BCUT2D eigenvalue weighted by Crippen LogP contribution is 2.19. The number of para-hydroxylation sites is 1. The second kappa shape index (κ2) is 12.5. The minimum absolute atomic E-state index is 0.0125. The highest BCUT2D eigenvalue weighted by Gasteiger charge is 2.28. The minimum Gasteiger partial charge on any atom is -0.481 e. The number of carbonyl (C=O) groups excluding carboxylic acids is 3. The largest absolute Gasteiger partial charge is 0.481 e. The van der Waals surface area contributed by atoms with E-state index in [1.165, 1.54) is 0 Å². The molecular formula is C23H31N5O7. The fraction of sp³-hybridized carbons (Fsp3) is 0.435. The molecule has 0 fully saturated rings. The summed E-state index contributed by atoms with van der Waals surface area (Å²) in [6.07, 6.45) is 1.35. The lowest BCUT2D eigenvalue weighted by atomic mass is 10.0. The molecule has 35 heavy (non-hydrogen) atoms. The molecule has 3 amide bonds. The maximum atomic E-state index is 12.9.